The average molecular weight is 195 g/mol. The number of nitrogens with two attached hydrogens (primary N) is 1. The van der Waals surface area contributed by atoms with Gasteiger partial charge in [0.15, 0.2) is 5.82 Å². The van der Waals surface area contributed by atoms with E-state index in [-0.39, 0.29) is 6.04 Å². The second-order valence-electron chi connectivity index (χ2n) is 4.50. The molecule has 0 bridgehead atoms. The number of hydrogen-bond acceptors (Lipinski definition) is 4. The van der Waals surface area contributed by atoms with Crippen LogP contribution in [0.3, 0.4) is 0 Å². The maximum absolute atomic E-state index is 5.79. The maximum Gasteiger partial charge on any atom is 0.168 e. The Kier molecular flexibility index (Phi) is 2.06. The van der Waals surface area contributed by atoms with Crippen LogP contribution in [0.4, 0.5) is 0 Å². The molecule has 1 aliphatic carbocycles. The molecule has 3 unspecified atom stereocenters. The maximum atomic E-state index is 5.79. The van der Waals surface area contributed by atoms with Crippen LogP contribution in [-0.2, 0) is 0 Å². The van der Waals surface area contributed by atoms with Gasteiger partial charge in [0.25, 0.3) is 0 Å². The fourth-order valence-corrected chi connectivity index (χ4v) is 1.87. The Bertz CT molecular complexity index is 332. The topological polar surface area (TPSA) is 69.6 Å². The van der Waals surface area contributed by atoms with Crippen molar-refractivity contribution in [3.8, 4) is 0 Å². The minimum Gasteiger partial charge on any atom is -0.322 e. The second kappa shape index (κ2) is 3.02. The first kappa shape index (κ1) is 9.58. The average Bonchev–Trinajstić information content (AvgIpc) is 2.65. The molecule has 5 heteroatoms. The van der Waals surface area contributed by atoms with Crippen LogP contribution in [0.15, 0.2) is 0 Å². The van der Waals surface area contributed by atoms with E-state index in [0.29, 0.717) is 11.5 Å². The molecule has 2 N–H and O–H groups in total. The van der Waals surface area contributed by atoms with Gasteiger partial charge >= 0.3 is 0 Å². The van der Waals surface area contributed by atoms with E-state index >= 15 is 0 Å². The third-order valence-electron chi connectivity index (χ3n) is 3.33. The van der Waals surface area contributed by atoms with E-state index in [1.54, 1.807) is 0 Å². The van der Waals surface area contributed by atoms with Gasteiger partial charge in [-0.25, -0.2) is 4.68 Å². The van der Waals surface area contributed by atoms with Crippen molar-refractivity contribution in [2.75, 3.05) is 0 Å². The zero-order valence-electron chi connectivity index (χ0n) is 8.94. The lowest BCUT2D eigenvalue weighted by Crippen LogP contribution is -2.15. The molecule has 0 spiro atoms. The number of tetrazole rings is 1. The van der Waals surface area contributed by atoms with E-state index in [9.17, 15) is 0 Å². The Labute approximate surface area is 83.7 Å². The fourth-order valence-electron chi connectivity index (χ4n) is 1.87. The van der Waals surface area contributed by atoms with Gasteiger partial charge in [0.2, 0.25) is 0 Å². The molecular formula is C9H17N5. The number of hydrogen-bond donors (Lipinski definition) is 1. The van der Waals surface area contributed by atoms with E-state index in [2.05, 4.69) is 29.4 Å². The van der Waals surface area contributed by atoms with Gasteiger partial charge in [0, 0.05) is 0 Å². The highest BCUT2D eigenvalue weighted by Crippen LogP contribution is 2.58. The summed E-state index contributed by atoms with van der Waals surface area (Å²) in [6.45, 7) is 6.38. The summed E-state index contributed by atoms with van der Waals surface area (Å²) in [6.07, 6.45) is 2.32. The highest BCUT2D eigenvalue weighted by molar-refractivity contribution is 5.05. The summed E-state index contributed by atoms with van der Waals surface area (Å²) < 4.78 is 1.90. The molecule has 0 amide bonds. The van der Waals surface area contributed by atoms with Gasteiger partial charge in [-0.15, -0.1) is 5.10 Å². The van der Waals surface area contributed by atoms with E-state index in [4.69, 9.17) is 5.73 Å². The van der Waals surface area contributed by atoms with Gasteiger partial charge in [0.1, 0.15) is 0 Å². The lowest BCUT2D eigenvalue weighted by molar-refractivity contribution is 0.431. The van der Waals surface area contributed by atoms with Crippen molar-refractivity contribution >= 4 is 0 Å². The normalized spacial score (nSPS) is 33.0. The molecule has 1 fully saturated rings. The molecule has 5 nitrogen and oxygen atoms in total. The van der Waals surface area contributed by atoms with Crippen LogP contribution in [0.2, 0.25) is 0 Å². The summed E-state index contributed by atoms with van der Waals surface area (Å²) in [6, 6.07) is 0.357. The van der Waals surface area contributed by atoms with Crippen LogP contribution >= 0.6 is 0 Å². The minimum absolute atomic E-state index is 0.0910. The standard InChI is InChI=1S/C9H17N5/c1-4-9(3)5-7(9)14-8(6(2)10)11-12-13-14/h6-7H,4-5,10H2,1-3H3. The van der Waals surface area contributed by atoms with E-state index in [1.165, 1.54) is 0 Å². The fraction of sp³-hybridized carbons (Fsp3) is 0.889. The van der Waals surface area contributed by atoms with Crippen molar-refractivity contribution in [3.63, 3.8) is 0 Å². The minimum atomic E-state index is -0.0910. The van der Waals surface area contributed by atoms with Gasteiger partial charge in [0.05, 0.1) is 12.1 Å². The lowest BCUT2D eigenvalue weighted by atomic mass is 10.1. The van der Waals surface area contributed by atoms with Crippen LogP contribution in [0.1, 0.15) is 51.5 Å². The summed E-state index contributed by atoms with van der Waals surface area (Å²) in [5, 5.41) is 11.7. The predicted molar refractivity (Wildman–Crippen MR) is 52.5 cm³/mol. The largest absolute Gasteiger partial charge is 0.322 e. The molecule has 2 rings (SSSR count). The smallest absolute Gasteiger partial charge is 0.168 e. The van der Waals surface area contributed by atoms with Crippen molar-refractivity contribution in [1.29, 1.82) is 0 Å². The van der Waals surface area contributed by atoms with Crippen molar-refractivity contribution in [2.45, 2.75) is 45.7 Å². The highest BCUT2D eigenvalue weighted by Gasteiger charge is 2.51. The molecule has 0 aromatic carbocycles. The molecule has 0 saturated heterocycles. The zero-order valence-corrected chi connectivity index (χ0v) is 8.94. The molecule has 1 aliphatic rings. The van der Waals surface area contributed by atoms with E-state index < -0.39 is 0 Å². The molecular weight excluding hydrogens is 178 g/mol. The molecule has 1 aromatic rings. The Morgan fingerprint density at radius 3 is 2.93 bits per heavy atom. The number of rotatable bonds is 3. The van der Waals surface area contributed by atoms with E-state index in [1.807, 2.05) is 11.6 Å². The van der Waals surface area contributed by atoms with Crippen LogP contribution in [0, 0.1) is 5.41 Å². The van der Waals surface area contributed by atoms with Crippen LogP contribution in [-0.4, -0.2) is 20.2 Å². The quantitative estimate of drug-likeness (QED) is 0.782. The summed E-state index contributed by atoms with van der Waals surface area (Å²) in [7, 11) is 0. The Balaban J connectivity index is 2.23. The van der Waals surface area contributed by atoms with Crippen LogP contribution in [0.25, 0.3) is 0 Å². The SMILES string of the molecule is CCC1(C)CC1n1nnnc1C(C)N. The van der Waals surface area contributed by atoms with Gasteiger partial charge in [-0.2, -0.15) is 0 Å². The highest BCUT2D eigenvalue weighted by atomic mass is 15.6. The number of nitrogens with zero attached hydrogens (tertiary/aromatic N) is 4. The predicted octanol–water partition coefficient (Wildman–Crippen LogP) is 1.05. The second-order valence-corrected chi connectivity index (χ2v) is 4.50. The molecule has 1 heterocycles. The molecule has 1 saturated carbocycles. The molecule has 78 valence electrons. The monoisotopic (exact) mass is 195 g/mol. The summed E-state index contributed by atoms with van der Waals surface area (Å²) in [4.78, 5) is 0. The molecule has 3 atom stereocenters. The lowest BCUT2D eigenvalue weighted by Gasteiger charge is -2.10. The Morgan fingerprint density at radius 1 is 1.71 bits per heavy atom. The number of aromatic nitrogens is 4. The third kappa shape index (κ3) is 1.32. The van der Waals surface area contributed by atoms with Gasteiger partial charge < -0.3 is 5.73 Å². The summed E-state index contributed by atoms with van der Waals surface area (Å²) in [5.41, 5.74) is 6.17. The first-order valence-electron chi connectivity index (χ1n) is 5.12. The van der Waals surface area contributed by atoms with Crippen molar-refractivity contribution in [3.05, 3.63) is 5.82 Å². The zero-order chi connectivity index (χ0) is 10.3. The molecule has 0 aliphatic heterocycles. The van der Waals surface area contributed by atoms with E-state index in [0.717, 1.165) is 18.7 Å². The third-order valence-corrected chi connectivity index (χ3v) is 3.33. The summed E-state index contributed by atoms with van der Waals surface area (Å²) >= 11 is 0. The van der Waals surface area contributed by atoms with Crippen molar-refractivity contribution in [2.24, 2.45) is 11.1 Å². The van der Waals surface area contributed by atoms with Crippen molar-refractivity contribution in [1.82, 2.24) is 20.2 Å². The molecule has 14 heavy (non-hydrogen) atoms. The Hall–Kier alpha value is -0.970. The van der Waals surface area contributed by atoms with Crippen molar-refractivity contribution < 1.29 is 0 Å². The van der Waals surface area contributed by atoms with Gasteiger partial charge in [-0.3, -0.25) is 0 Å². The first-order chi connectivity index (χ1) is 6.58. The first-order valence-corrected chi connectivity index (χ1v) is 5.12. The van der Waals surface area contributed by atoms with Gasteiger partial charge in [-0.1, -0.05) is 13.8 Å². The van der Waals surface area contributed by atoms with Gasteiger partial charge in [-0.05, 0) is 35.6 Å². The molecule has 1 aromatic heterocycles. The summed E-state index contributed by atoms with van der Waals surface area (Å²) in [5.74, 6) is 0.798. The molecule has 0 radical (unpaired) electrons. The Morgan fingerprint density at radius 2 is 2.43 bits per heavy atom. The van der Waals surface area contributed by atoms with Crippen LogP contribution in [0.5, 0.6) is 0 Å². The van der Waals surface area contributed by atoms with Crippen LogP contribution < -0.4 is 5.73 Å².